The van der Waals surface area contributed by atoms with E-state index in [1.54, 1.807) is 0 Å². The number of benzene rings is 1. The van der Waals surface area contributed by atoms with Crippen LogP contribution in [-0.4, -0.2) is 28.0 Å². The van der Waals surface area contributed by atoms with Gasteiger partial charge in [-0.05, 0) is 55.1 Å². The van der Waals surface area contributed by atoms with Crippen LogP contribution in [0.3, 0.4) is 0 Å². The first-order valence-electron chi connectivity index (χ1n) is 7.00. The minimum absolute atomic E-state index is 0.0786. The number of nitrogens with one attached hydrogen (secondary N) is 1. The molecular formula is C14H17ClN6. The molecule has 3 N–H and O–H groups in total. The van der Waals surface area contributed by atoms with Crippen LogP contribution < -0.4 is 16.0 Å². The monoisotopic (exact) mass is 304 g/mol. The van der Waals surface area contributed by atoms with E-state index in [1.165, 1.54) is 24.9 Å². The second-order valence-corrected chi connectivity index (χ2v) is 5.34. The Hall–Kier alpha value is -2.08. The molecule has 0 spiro atoms. The van der Waals surface area contributed by atoms with Crippen LogP contribution in [0.5, 0.6) is 0 Å². The molecule has 1 aliphatic heterocycles. The van der Waals surface area contributed by atoms with Gasteiger partial charge in [0.2, 0.25) is 17.2 Å². The predicted molar refractivity (Wildman–Crippen MR) is 85.0 cm³/mol. The van der Waals surface area contributed by atoms with E-state index in [4.69, 9.17) is 17.3 Å². The van der Waals surface area contributed by atoms with Gasteiger partial charge in [0, 0.05) is 24.5 Å². The number of anilines is 4. The molecule has 0 unspecified atom stereocenters. The van der Waals surface area contributed by atoms with Crippen molar-refractivity contribution >= 4 is 34.9 Å². The third kappa shape index (κ3) is 3.52. The van der Waals surface area contributed by atoms with Gasteiger partial charge in [-0.3, -0.25) is 0 Å². The van der Waals surface area contributed by atoms with E-state index in [9.17, 15) is 0 Å². The summed E-state index contributed by atoms with van der Waals surface area (Å²) in [5, 5.41) is 3.15. The molecule has 1 fully saturated rings. The van der Waals surface area contributed by atoms with Crippen LogP contribution in [0.4, 0.5) is 23.3 Å². The molecule has 1 saturated heterocycles. The molecule has 1 aliphatic rings. The van der Waals surface area contributed by atoms with E-state index in [0.717, 1.165) is 18.8 Å². The third-order valence-electron chi connectivity index (χ3n) is 3.47. The highest BCUT2D eigenvalue weighted by Crippen LogP contribution is 2.23. The minimum Gasteiger partial charge on any atom is -0.372 e. The molecule has 2 aromatic rings. The van der Waals surface area contributed by atoms with Crippen LogP contribution in [0, 0.1) is 0 Å². The predicted octanol–water partition coefficient (Wildman–Crippen LogP) is 2.84. The fraction of sp³-hybridized carbons (Fsp3) is 0.357. The number of nitrogens with zero attached hydrogens (tertiary/aromatic N) is 4. The highest BCUT2D eigenvalue weighted by Gasteiger charge is 2.10. The van der Waals surface area contributed by atoms with Gasteiger partial charge in [-0.2, -0.15) is 15.0 Å². The summed E-state index contributed by atoms with van der Waals surface area (Å²) in [4.78, 5) is 14.1. The van der Waals surface area contributed by atoms with Crippen LogP contribution in [0.15, 0.2) is 24.3 Å². The van der Waals surface area contributed by atoms with Crippen LogP contribution in [0.2, 0.25) is 5.28 Å². The molecular weight excluding hydrogens is 288 g/mol. The van der Waals surface area contributed by atoms with Gasteiger partial charge in [-0.15, -0.1) is 0 Å². The highest BCUT2D eigenvalue weighted by molar-refractivity contribution is 6.28. The standard InChI is InChI=1S/C14H17ClN6/c15-12-18-13(16)20-14(19-12)17-10-4-6-11(7-5-10)21-8-2-1-3-9-21/h4-7H,1-3,8-9H2,(H3,16,17,18,19,20). The SMILES string of the molecule is Nc1nc(Cl)nc(Nc2ccc(N3CCCCC3)cc2)n1. The van der Waals surface area contributed by atoms with E-state index >= 15 is 0 Å². The van der Waals surface area contributed by atoms with Gasteiger partial charge < -0.3 is 16.0 Å². The fourth-order valence-electron chi connectivity index (χ4n) is 2.46. The normalized spacial score (nSPS) is 15.0. The molecule has 0 amide bonds. The Morgan fingerprint density at radius 3 is 2.38 bits per heavy atom. The average Bonchev–Trinajstić information content (AvgIpc) is 2.48. The van der Waals surface area contributed by atoms with Crippen molar-refractivity contribution < 1.29 is 0 Å². The zero-order valence-electron chi connectivity index (χ0n) is 11.6. The maximum Gasteiger partial charge on any atom is 0.233 e. The zero-order chi connectivity index (χ0) is 14.7. The third-order valence-corrected chi connectivity index (χ3v) is 3.64. The first kappa shape index (κ1) is 13.9. The number of rotatable bonds is 3. The average molecular weight is 305 g/mol. The van der Waals surface area contributed by atoms with Gasteiger partial charge >= 0.3 is 0 Å². The van der Waals surface area contributed by atoms with Gasteiger partial charge in [0.1, 0.15) is 0 Å². The molecule has 7 heteroatoms. The molecule has 0 saturated carbocycles. The van der Waals surface area contributed by atoms with Gasteiger partial charge in [0.05, 0.1) is 0 Å². The Morgan fingerprint density at radius 2 is 1.71 bits per heavy atom. The summed E-state index contributed by atoms with van der Waals surface area (Å²) < 4.78 is 0. The first-order valence-corrected chi connectivity index (χ1v) is 7.37. The van der Waals surface area contributed by atoms with Crippen molar-refractivity contribution in [1.82, 2.24) is 15.0 Å². The summed E-state index contributed by atoms with van der Waals surface area (Å²) in [6, 6.07) is 8.19. The molecule has 0 atom stereocenters. The van der Waals surface area contributed by atoms with Crippen molar-refractivity contribution in [2.75, 3.05) is 29.0 Å². The van der Waals surface area contributed by atoms with Gasteiger partial charge in [0.15, 0.2) is 0 Å². The second kappa shape index (κ2) is 6.13. The topological polar surface area (TPSA) is 80.0 Å². The van der Waals surface area contributed by atoms with Gasteiger partial charge in [-0.1, -0.05) is 0 Å². The van der Waals surface area contributed by atoms with E-state index in [2.05, 4.69) is 37.3 Å². The molecule has 6 nitrogen and oxygen atoms in total. The molecule has 2 heterocycles. The number of aromatic nitrogens is 3. The van der Waals surface area contributed by atoms with E-state index in [0.29, 0.717) is 5.95 Å². The van der Waals surface area contributed by atoms with Crippen molar-refractivity contribution in [3.63, 3.8) is 0 Å². The first-order chi connectivity index (χ1) is 10.2. The summed E-state index contributed by atoms with van der Waals surface area (Å²) in [6.07, 6.45) is 3.86. The van der Waals surface area contributed by atoms with Gasteiger partial charge in [-0.25, -0.2) is 0 Å². The molecule has 3 rings (SSSR count). The summed E-state index contributed by atoms with van der Waals surface area (Å²) >= 11 is 5.75. The van der Waals surface area contributed by atoms with Crippen molar-refractivity contribution in [3.05, 3.63) is 29.5 Å². The summed E-state index contributed by atoms with van der Waals surface area (Å²) in [7, 11) is 0. The number of nitrogen functional groups attached to an aromatic ring is 1. The van der Waals surface area contributed by atoms with E-state index in [-0.39, 0.29) is 11.2 Å². The summed E-state index contributed by atoms with van der Waals surface area (Å²) in [6.45, 7) is 2.26. The zero-order valence-corrected chi connectivity index (χ0v) is 12.3. The van der Waals surface area contributed by atoms with E-state index < -0.39 is 0 Å². The Morgan fingerprint density at radius 1 is 1.00 bits per heavy atom. The summed E-state index contributed by atoms with van der Waals surface area (Å²) in [5.41, 5.74) is 7.67. The lowest BCUT2D eigenvalue weighted by Crippen LogP contribution is -2.29. The van der Waals surface area contributed by atoms with Crippen molar-refractivity contribution in [1.29, 1.82) is 0 Å². The second-order valence-electron chi connectivity index (χ2n) is 5.01. The molecule has 0 aliphatic carbocycles. The van der Waals surface area contributed by atoms with Crippen LogP contribution in [-0.2, 0) is 0 Å². The molecule has 1 aromatic carbocycles. The quantitative estimate of drug-likeness (QED) is 0.907. The number of piperidine rings is 1. The smallest absolute Gasteiger partial charge is 0.233 e. The molecule has 0 radical (unpaired) electrons. The summed E-state index contributed by atoms with van der Waals surface area (Å²) in [5.74, 6) is 0.445. The molecule has 21 heavy (non-hydrogen) atoms. The number of hydrogen-bond donors (Lipinski definition) is 2. The number of halogens is 1. The lowest BCUT2D eigenvalue weighted by atomic mass is 10.1. The van der Waals surface area contributed by atoms with Crippen molar-refractivity contribution in [2.45, 2.75) is 19.3 Å². The van der Waals surface area contributed by atoms with Gasteiger partial charge in [0.25, 0.3) is 0 Å². The maximum absolute atomic E-state index is 5.75. The van der Waals surface area contributed by atoms with Crippen molar-refractivity contribution in [3.8, 4) is 0 Å². The van der Waals surface area contributed by atoms with Crippen LogP contribution >= 0.6 is 11.6 Å². The molecule has 0 bridgehead atoms. The Labute approximate surface area is 128 Å². The number of nitrogens with two attached hydrogens (primary N) is 1. The van der Waals surface area contributed by atoms with E-state index in [1.807, 2.05) is 12.1 Å². The van der Waals surface area contributed by atoms with Crippen LogP contribution in [0.25, 0.3) is 0 Å². The Bertz CT molecular complexity index is 589. The Balaban J connectivity index is 1.71. The Kier molecular flexibility index (Phi) is 4.06. The lowest BCUT2D eigenvalue weighted by molar-refractivity contribution is 0.578. The highest BCUT2D eigenvalue weighted by atomic mass is 35.5. The molecule has 1 aromatic heterocycles. The minimum atomic E-state index is 0.0786. The largest absolute Gasteiger partial charge is 0.372 e. The van der Waals surface area contributed by atoms with Crippen LogP contribution in [0.1, 0.15) is 19.3 Å². The lowest BCUT2D eigenvalue weighted by Gasteiger charge is -2.28. The maximum atomic E-state index is 5.75. The fourth-order valence-corrected chi connectivity index (χ4v) is 2.62. The number of hydrogen-bond acceptors (Lipinski definition) is 6. The molecule has 110 valence electrons. The van der Waals surface area contributed by atoms with Crippen molar-refractivity contribution in [2.24, 2.45) is 0 Å².